The summed E-state index contributed by atoms with van der Waals surface area (Å²) in [6.45, 7) is 24.6. The minimum absolute atomic E-state index is 0.0456. The van der Waals surface area contributed by atoms with Gasteiger partial charge in [-0.05, 0) is 51.4 Å². The van der Waals surface area contributed by atoms with E-state index in [1.54, 1.807) is 0 Å². The van der Waals surface area contributed by atoms with Gasteiger partial charge in [-0.25, -0.2) is 0 Å². The van der Waals surface area contributed by atoms with E-state index in [0.717, 1.165) is 31.5 Å². The van der Waals surface area contributed by atoms with Crippen LogP contribution in [0.2, 0.25) is 0 Å². The highest BCUT2D eigenvalue weighted by Crippen LogP contribution is 2.23. The second-order valence-corrected chi connectivity index (χ2v) is 14.5. The van der Waals surface area contributed by atoms with Crippen LogP contribution in [0.15, 0.2) is 6.20 Å². The fourth-order valence-electron chi connectivity index (χ4n) is 4.42. The van der Waals surface area contributed by atoms with Gasteiger partial charge in [0, 0.05) is 50.8 Å². The standard InChI is InChI=1S/C24H44N4O3.C12H25NO3/c1-7-9-10-11-17-28-18-20(26-27-28)13-12-14-22(30)25-16-15-24(5,6)31-19-23(3,4)21(29)8-2;1-10(2)5-15-7-12(13-9-14)8-16-6-11(3)4/h18H,7-17,19H2,1-6H3,(H,25,30);9-12H,5-8H2,1-4H3,(H,13,14). The summed E-state index contributed by atoms with van der Waals surface area (Å²) < 4.78 is 18.8. The average molecular weight is 668 g/mol. The number of ketones is 1. The second-order valence-electron chi connectivity index (χ2n) is 14.5. The topological polar surface area (TPSA) is 134 Å². The number of ether oxygens (including phenoxy) is 3. The van der Waals surface area contributed by atoms with Gasteiger partial charge in [-0.15, -0.1) is 5.10 Å². The Morgan fingerprint density at radius 2 is 1.57 bits per heavy atom. The first-order valence-electron chi connectivity index (χ1n) is 17.8. The summed E-state index contributed by atoms with van der Waals surface area (Å²) in [6.07, 6.45) is 10.7. The van der Waals surface area contributed by atoms with E-state index in [1.807, 2.05) is 45.5 Å². The Morgan fingerprint density at radius 3 is 2.13 bits per heavy atom. The van der Waals surface area contributed by atoms with Crippen LogP contribution in [0.5, 0.6) is 0 Å². The number of rotatable bonds is 27. The molecule has 0 fully saturated rings. The molecule has 274 valence electrons. The normalized spacial score (nSPS) is 11.9. The van der Waals surface area contributed by atoms with E-state index in [0.29, 0.717) is 77.1 Å². The van der Waals surface area contributed by atoms with Gasteiger partial charge in [0.15, 0.2) is 0 Å². The molecule has 0 radical (unpaired) electrons. The van der Waals surface area contributed by atoms with Gasteiger partial charge in [-0.3, -0.25) is 19.1 Å². The molecule has 47 heavy (non-hydrogen) atoms. The Labute approximate surface area is 286 Å². The number of aryl methyl sites for hydroxylation is 2. The molecule has 0 bridgehead atoms. The highest BCUT2D eigenvalue weighted by Gasteiger charge is 2.29. The molecule has 0 aromatic carbocycles. The lowest BCUT2D eigenvalue weighted by molar-refractivity contribution is -0.134. The van der Waals surface area contributed by atoms with Crippen LogP contribution in [0.25, 0.3) is 0 Å². The third-order valence-electron chi connectivity index (χ3n) is 7.46. The molecule has 11 nitrogen and oxygen atoms in total. The number of hydrogen-bond donors (Lipinski definition) is 2. The fourth-order valence-corrected chi connectivity index (χ4v) is 4.42. The van der Waals surface area contributed by atoms with Crippen molar-refractivity contribution >= 4 is 18.1 Å². The van der Waals surface area contributed by atoms with Crippen LogP contribution in [-0.2, 0) is 41.6 Å². The molecule has 1 aromatic rings. The summed E-state index contributed by atoms with van der Waals surface area (Å²) in [5.74, 6) is 1.26. The summed E-state index contributed by atoms with van der Waals surface area (Å²) >= 11 is 0. The Morgan fingerprint density at radius 1 is 0.936 bits per heavy atom. The second kappa shape index (κ2) is 25.6. The van der Waals surface area contributed by atoms with Crippen molar-refractivity contribution in [1.82, 2.24) is 25.6 Å². The summed E-state index contributed by atoms with van der Waals surface area (Å²) in [5.41, 5.74) is 0.0722. The molecular weight excluding hydrogens is 598 g/mol. The molecule has 0 saturated heterocycles. The molecule has 0 aliphatic rings. The number of nitrogens with zero attached hydrogens (tertiary/aromatic N) is 3. The summed E-state index contributed by atoms with van der Waals surface area (Å²) in [6, 6.07) is -0.0463. The van der Waals surface area contributed by atoms with E-state index in [-0.39, 0.29) is 17.7 Å². The van der Waals surface area contributed by atoms with Gasteiger partial charge in [-0.2, -0.15) is 0 Å². The first-order chi connectivity index (χ1) is 22.2. The first kappa shape index (κ1) is 44.6. The maximum absolute atomic E-state index is 12.1. The average Bonchev–Trinajstić information content (AvgIpc) is 3.45. The van der Waals surface area contributed by atoms with Crippen molar-refractivity contribution in [2.45, 2.75) is 145 Å². The maximum atomic E-state index is 12.1. The molecule has 1 rings (SSSR count). The molecule has 0 aliphatic heterocycles. The smallest absolute Gasteiger partial charge is 0.220 e. The minimum Gasteiger partial charge on any atom is -0.379 e. The molecule has 0 aliphatic carbocycles. The van der Waals surface area contributed by atoms with Crippen LogP contribution in [0.1, 0.15) is 126 Å². The van der Waals surface area contributed by atoms with E-state index in [1.165, 1.54) is 19.3 Å². The van der Waals surface area contributed by atoms with Gasteiger partial charge in [0.1, 0.15) is 5.78 Å². The number of hydrogen-bond acceptors (Lipinski definition) is 8. The number of Topliss-reactive ketones (excluding diaryl/α,β-unsaturated/α-hetero) is 1. The van der Waals surface area contributed by atoms with Crippen LogP contribution in [-0.4, -0.2) is 84.3 Å². The van der Waals surface area contributed by atoms with Crippen LogP contribution >= 0.6 is 0 Å². The van der Waals surface area contributed by atoms with Gasteiger partial charge in [0.05, 0.1) is 37.2 Å². The van der Waals surface area contributed by atoms with Crippen molar-refractivity contribution < 1.29 is 28.6 Å². The molecule has 1 aromatic heterocycles. The highest BCUT2D eigenvalue weighted by atomic mass is 16.5. The SMILES string of the molecule is CC(C)COCC(COCC(C)C)NC=O.CCCCCCn1cc(CCCC(=O)NCCC(C)(C)OCC(C)(C)C(=O)CC)nn1. The molecule has 0 spiro atoms. The van der Waals surface area contributed by atoms with Gasteiger partial charge in [0.25, 0.3) is 0 Å². The Hall–Kier alpha value is -2.37. The molecule has 2 N–H and O–H groups in total. The molecule has 0 unspecified atom stereocenters. The van der Waals surface area contributed by atoms with Crippen molar-refractivity contribution in [2.24, 2.45) is 17.3 Å². The zero-order chi connectivity index (χ0) is 35.7. The lowest BCUT2D eigenvalue weighted by atomic mass is 9.87. The summed E-state index contributed by atoms with van der Waals surface area (Å²) in [4.78, 5) is 34.5. The monoisotopic (exact) mass is 668 g/mol. The number of nitrogens with one attached hydrogen (secondary N) is 2. The molecule has 2 amide bonds. The van der Waals surface area contributed by atoms with E-state index in [9.17, 15) is 14.4 Å². The summed E-state index contributed by atoms with van der Waals surface area (Å²) in [5, 5.41) is 14.0. The predicted octanol–water partition coefficient (Wildman–Crippen LogP) is 5.93. The molecular formula is C36H69N5O6. The van der Waals surface area contributed by atoms with E-state index in [4.69, 9.17) is 14.2 Å². The Kier molecular flexibility index (Phi) is 24.3. The minimum atomic E-state index is -0.480. The summed E-state index contributed by atoms with van der Waals surface area (Å²) in [7, 11) is 0. The Balaban J connectivity index is 0.00000111. The lowest BCUT2D eigenvalue weighted by Crippen LogP contribution is -2.37. The van der Waals surface area contributed by atoms with Crippen LogP contribution in [0.3, 0.4) is 0 Å². The maximum Gasteiger partial charge on any atom is 0.220 e. The van der Waals surface area contributed by atoms with Crippen molar-refractivity contribution in [2.75, 3.05) is 39.6 Å². The van der Waals surface area contributed by atoms with Crippen LogP contribution in [0, 0.1) is 17.3 Å². The van der Waals surface area contributed by atoms with E-state index in [2.05, 4.69) is 55.6 Å². The zero-order valence-corrected chi connectivity index (χ0v) is 31.5. The number of carbonyl (C=O) groups excluding carboxylic acids is 3. The third-order valence-corrected chi connectivity index (χ3v) is 7.46. The van der Waals surface area contributed by atoms with Crippen molar-refractivity contribution in [3.63, 3.8) is 0 Å². The number of amides is 2. The van der Waals surface area contributed by atoms with Crippen LogP contribution < -0.4 is 10.6 Å². The van der Waals surface area contributed by atoms with Gasteiger partial charge >= 0.3 is 0 Å². The largest absolute Gasteiger partial charge is 0.379 e. The van der Waals surface area contributed by atoms with Crippen molar-refractivity contribution in [1.29, 1.82) is 0 Å². The molecule has 0 atom stereocenters. The number of unbranched alkanes of at least 4 members (excludes halogenated alkanes) is 3. The molecule has 11 heteroatoms. The number of carbonyl (C=O) groups is 3. The third kappa shape index (κ3) is 24.4. The predicted molar refractivity (Wildman–Crippen MR) is 188 cm³/mol. The quantitative estimate of drug-likeness (QED) is 0.0871. The van der Waals surface area contributed by atoms with E-state index < -0.39 is 11.0 Å². The molecule has 1 heterocycles. The van der Waals surface area contributed by atoms with E-state index >= 15 is 0 Å². The molecule has 0 saturated carbocycles. The first-order valence-corrected chi connectivity index (χ1v) is 17.8. The van der Waals surface area contributed by atoms with Gasteiger partial charge < -0.3 is 24.8 Å². The fraction of sp³-hybridized carbons (Fsp3) is 0.861. The van der Waals surface area contributed by atoms with Crippen molar-refractivity contribution in [3.8, 4) is 0 Å². The van der Waals surface area contributed by atoms with Gasteiger partial charge in [0.2, 0.25) is 12.3 Å². The Bertz CT molecular complexity index is 949. The lowest BCUT2D eigenvalue weighted by Gasteiger charge is -2.31. The van der Waals surface area contributed by atoms with Crippen LogP contribution in [0.4, 0.5) is 0 Å². The van der Waals surface area contributed by atoms with Crippen molar-refractivity contribution in [3.05, 3.63) is 11.9 Å². The zero-order valence-electron chi connectivity index (χ0n) is 31.5. The highest BCUT2D eigenvalue weighted by molar-refractivity contribution is 5.83. The van der Waals surface area contributed by atoms with Gasteiger partial charge in [-0.1, -0.05) is 79.9 Å². The number of aromatic nitrogens is 3.